The van der Waals surface area contributed by atoms with Gasteiger partial charge in [0.2, 0.25) is 0 Å². The summed E-state index contributed by atoms with van der Waals surface area (Å²) in [6, 6.07) is 0. The number of esters is 3. The Hall–Kier alpha value is -4.71. The average Bonchev–Trinajstić information content (AvgIpc) is 3.41. The van der Waals surface area contributed by atoms with E-state index in [0.29, 0.717) is 12.8 Å². The molecule has 0 aromatic heterocycles. The molecule has 1 atom stereocenters. The number of hydrogen-bond donors (Lipinski definition) is 0. The van der Waals surface area contributed by atoms with Crippen LogP contribution in [0.15, 0.2) is 146 Å². The van der Waals surface area contributed by atoms with E-state index in [9.17, 15) is 14.4 Å². The molecule has 0 saturated carbocycles. The molecule has 0 radical (unpaired) electrons. The second kappa shape index (κ2) is 61.8. The van der Waals surface area contributed by atoms with Crippen molar-refractivity contribution in [2.45, 2.75) is 258 Å². The maximum absolute atomic E-state index is 12.8. The summed E-state index contributed by atoms with van der Waals surface area (Å²) in [7, 11) is 0. The van der Waals surface area contributed by atoms with Crippen molar-refractivity contribution in [1.29, 1.82) is 0 Å². The van der Waals surface area contributed by atoms with Crippen molar-refractivity contribution in [3.63, 3.8) is 0 Å². The number of rotatable bonds is 53. The molecule has 422 valence electrons. The Balaban J connectivity index is 4.33. The minimum absolute atomic E-state index is 0.103. The van der Waals surface area contributed by atoms with Gasteiger partial charge in [-0.1, -0.05) is 237 Å². The van der Waals surface area contributed by atoms with Gasteiger partial charge in [0, 0.05) is 19.3 Å². The fourth-order valence-electron chi connectivity index (χ4n) is 7.82. The largest absolute Gasteiger partial charge is 0.462 e. The molecule has 0 bridgehead atoms. The van der Waals surface area contributed by atoms with Gasteiger partial charge < -0.3 is 14.2 Å². The van der Waals surface area contributed by atoms with Gasteiger partial charge in [-0.25, -0.2) is 0 Å². The Labute approximate surface area is 461 Å². The Morgan fingerprint density at radius 2 is 0.520 bits per heavy atom. The summed E-state index contributed by atoms with van der Waals surface area (Å²) in [5.41, 5.74) is 0. The standard InChI is InChI=1S/C69H110O6/c1-4-7-10-13-16-19-22-25-26-27-28-29-30-31-32-33-34-35-36-37-38-39-40-41-42-45-47-50-53-56-59-62-68(71)74-65-66(75-69(72)63-60-57-54-51-48-44-24-21-18-15-12-9-6-3)64-73-67(70)61-58-55-52-49-46-43-23-20-17-14-11-8-5-2/h7,9-10,12,16,18-21,23,25-26,28-29,31-32,34-35,37-38,40-41,44,48,66H,4-6,8,11,13-15,17,22,24,27,30,33,36,39,42-43,45-47,49-65H2,1-3H3/b10-7-,12-9-,19-16-,21-18-,23-20-,26-25-,29-28-,32-31-,35-34-,38-37-,41-40-,48-44-. The zero-order chi connectivity index (χ0) is 54.3. The summed E-state index contributed by atoms with van der Waals surface area (Å²) in [6.07, 6.45) is 88.5. The maximum atomic E-state index is 12.8. The number of unbranched alkanes of at least 4 members (excludes halogenated alkanes) is 18. The lowest BCUT2D eigenvalue weighted by Gasteiger charge is -2.18. The summed E-state index contributed by atoms with van der Waals surface area (Å²) in [5, 5.41) is 0. The van der Waals surface area contributed by atoms with Crippen LogP contribution in [-0.2, 0) is 28.6 Å². The Morgan fingerprint density at radius 1 is 0.280 bits per heavy atom. The van der Waals surface area contributed by atoms with Gasteiger partial charge in [0.1, 0.15) is 13.2 Å². The predicted octanol–water partition coefficient (Wildman–Crippen LogP) is 20.8. The molecule has 0 heterocycles. The topological polar surface area (TPSA) is 78.9 Å². The third kappa shape index (κ3) is 60.0. The minimum atomic E-state index is -0.808. The molecule has 0 spiro atoms. The lowest BCUT2D eigenvalue weighted by molar-refractivity contribution is -0.167. The average molecular weight is 1040 g/mol. The van der Waals surface area contributed by atoms with Crippen molar-refractivity contribution < 1.29 is 28.6 Å². The molecule has 0 aliphatic carbocycles. The van der Waals surface area contributed by atoms with Crippen LogP contribution < -0.4 is 0 Å². The number of ether oxygens (including phenoxy) is 3. The molecular weight excluding hydrogens is 925 g/mol. The lowest BCUT2D eigenvalue weighted by Crippen LogP contribution is -2.30. The van der Waals surface area contributed by atoms with Crippen molar-refractivity contribution in [1.82, 2.24) is 0 Å². The number of carbonyl (C=O) groups excluding carboxylic acids is 3. The summed E-state index contributed by atoms with van der Waals surface area (Å²) < 4.78 is 16.8. The van der Waals surface area contributed by atoms with Crippen LogP contribution in [0.3, 0.4) is 0 Å². The highest BCUT2D eigenvalue weighted by Crippen LogP contribution is 2.13. The lowest BCUT2D eigenvalue weighted by atomic mass is 10.1. The van der Waals surface area contributed by atoms with Crippen LogP contribution in [0.5, 0.6) is 0 Å². The van der Waals surface area contributed by atoms with E-state index >= 15 is 0 Å². The SMILES string of the molecule is CC/C=C\C/C=C\C/C=C\C/C=C\C/C=C\C/C=C\C/C=C\C/C=C\CCCCCCCCC(=O)OCC(COC(=O)CCCCCCC/C=C\CCCCCC)OC(=O)CCCCC/C=C\C/C=C\C/C=C\CC. The number of hydrogen-bond acceptors (Lipinski definition) is 6. The van der Waals surface area contributed by atoms with Gasteiger partial charge in [-0.3, -0.25) is 14.4 Å². The first-order valence-corrected chi connectivity index (χ1v) is 30.3. The highest BCUT2D eigenvalue weighted by atomic mass is 16.6. The maximum Gasteiger partial charge on any atom is 0.306 e. The zero-order valence-corrected chi connectivity index (χ0v) is 48.3. The molecule has 75 heavy (non-hydrogen) atoms. The quantitative estimate of drug-likeness (QED) is 0.0261. The van der Waals surface area contributed by atoms with Gasteiger partial charge >= 0.3 is 17.9 Å². The van der Waals surface area contributed by atoms with Crippen molar-refractivity contribution >= 4 is 17.9 Å². The predicted molar refractivity (Wildman–Crippen MR) is 325 cm³/mol. The van der Waals surface area contributed by atoms with Gasteiger partial charge in [-0.05, 0) is 141 Å². The normalized spacial score (nSPS) is 13.2. The first-order valence-electron chi connectivity index (χ1n) is 30.3. The van der Waals surface area contributed by atoms with Crippen LogP contribution >= 0.6 is 0 Å². The highest BCUT2D eigenvalue weighted by Gasteiger charge is 2.19. The first-order chi connectivity index (χ1) is 37.0. The van der Waals surface area contributed by atoms with Gasteiger partial charge in [-0.15, -0.1) is 0 Å². The van der Waals surface area contributed by atoms with Crippen LogP contribution in [0.25, 0.3) is 0 Å². The van der Waals surface area contributed by atoms with Crippen molar-refractivity contribution in [3.05, 3.63) is 146 Å². The first kappa shape index (κ1) is 70.3. The molecule has 0 fully saturated rings. The highest BCUT2D eigenvalue weighted by molar-refractivity contribution is 5.71. The zero-order valence-electron chi connectivity index (χ0n) is 48.3. The fourth-order valence-corrected chi connectivity index (χ4v) is 7.82. The third-order valence-corrected chi connectivity index (χ3v) is 12.3. The third-order valence-electron chi connectivity index (χ3n) is 12.3. The van der Waals surface area contributed by atoms with Crippen LogP contribution in [-0.4, -0.2) is 37.2 Å². The molecule has 0 saturated heterocycles. The van der Waals surface area contributed by atoms with E-state index in [1.54, 1.807) is 0 Å². The molecule has 1 unspecified atom stereocenters. The Morgan fingerprint density at radius 3 is 0.840 bits per heavy atom. The Kier molecular flexibility index (Phi) is 58.0. The van der Waals surface area contributed by atoms with Gasteiger partial charge in [-0.2, -0.15) is 0 Å². The van der Waals surface area contributed by atoms with Crippen LogP contribution in [0.4, 0.5) is 0 Å². The molecule has 0 amide bonds. The van der Waals surface area contributed by atoms with Gasteiger partial charge in [0.05, 0.1) is 0 Å². The van der Waals surface area contributed by atoms with Gasteiger partial charge in [0.15, 0.2) is 6.10 Å². The monoisotopic (exact) mass is 1030 g/mol. The minimum Gasteiger partial charge on any atom is -0.462 e. The van der Waals surface area contributed by atoms with Crippen molar-refractivity contribution in [3.8, 4) is 0 Å². The van der Waals surface area contributed by atoms with Gasteiger partial charge in [0.25, 0.3) is 0 Å². The molecule has 0 aliphatic rings. The second-order valence-electron chi connectivity index (χ2n) is 19.5. The summed E-state index contributed by atoms with van der Waals surface area (Å²) in [6.45, 7) is 6.34. The van der Waals surface area contributed by atoms with E-state index < -0.39 is 6.10 Å². The van der Waals surface area contributed by atoms with Crippen molar-refractivity contribution in [2.75, 3.05) is 13.2 Å². The smallest absolute Gasteiger partial charge is 0.306 e. The van der Waals surface area contributed by atoms with E-state index in [1.165, 1.54) is 51.4 Å². The van der Waals surface area contributed by atoms with E-state index in [2.05, 4.69) is 167 Å². The molecule has 0 aliphatic heterocycles. The fraction of sp³-hybridized carbons (Fsp3) is 0.609. The number of allylic oxidation sites excluding steroid dienone is 24. The molecular formula is C69H110O6. The molecule has 0 aromatic rings. The van der Waals surface area contributed by atoms with Crippen LogP contribution in [0.2, 0.25) is 0 Å². The molecule has 0 aromatic carbocycles. The molecule has 6 nitrogen and oxygen atoms in total. The summed E-state index contributed by atoms with van der Waals surface area (Å²) in [4.78, 5) is 38.1. The van der Waals surface area contributed by atoms with E-state index in [0.717, 1.165) is 161 Å². The molecule has 0 rings (SSSR count). The van der Waals surface area contributed by atoms with Crippen LogP contribution in [0, 0.1) is 0 Å². The second-order valence-corrected chi connectivity index (χ2v) is 19.5. The number of carbonyl (C=O) groups is 3. The van der Waals surface area contributed by atoms with E-state index in [1.807, 2.05) is 0 Å². The molecule has 0 N–H and O–H groups in total. The van der Waals surface area contributed by atoms with Crippen LogP contribution in [0.1, 0.15) is 252 Å². The van der Waals surface area contributed by atoms with E-state index in [4.69, 9.17) is 14.2 Å². The summed E-state index contributed by atoms with van der Waals surface area (Å²) in [5.74, 6) is -0.962. The summed E-state index contributed by atoms with van der Waals surface area (Å²) >= 11 is 0. The Bertz CT molecular complexity index is 1660. The van der Waals surface area contributed by atoms with E-state index in [-0.39, 0.29) is 37.5 Å². The molecule has 6 heteroatoms. The van der Waals surface area contributed by atoms with Crippen molar-refractivity contribution in [2.24, 2.45) is 0 Å².